The summed E-state index contributed by atoms with van der Waals surface area (Å²) in [5, 5.41) is 2.91. The summed E-state index contributed by atoms with van der Waals surface area (Å²) in [7, 11) is 0. The maximum absolute atomic E-state index is 12.3. The van der Waals surface area contributed by atoms with Gasteiger partial charge in [-0.2, -0.15) is 0 Å². The van der Waals surface area contributed by atoms with Crippen LogP contribution in [0.4, 0.5) is 5.69 Å². The number of halogens is 1. The highest BCUT2D eigenvalue weighted by atomic mass is 35.5. The van der Waals surface area contributed by atoms with Crippen LogP contribution in [-0.4, -0.2) is 25.3 Å². The van der Waals surface area contributed by atoms with Crippen LogP contribution in [-0.2, 0) is 9.53 Å². The molecule has 0 aliphatic carbocycles. The summed E-state index contributed by atoms with van der Waals surface area (Å²) in [6.45, 7) is -0.453. The zero-order chi connectivity index (χ0) is 20.9. The molecule has 4 rings (SSSR count). The predicted molar refractivity (Wildman–Crippen MR) is 109 cm³/mol. The van der Waals surface area contributed by atoms with Gasteiger partial charge >= 0.3 is 5.97 Å². The molecule has 0 atom stereocenters. The minimum Gasteiger partial charge on any atom is -0.455 e. The molecule has 30 heavy (non-hydrogen) atoms. The van der Waals surface area contributed by atoms with Gasteiger partial charge < -0.3 is 24.3 Å². The van der Waals surface area contributed by atoms with E-state index in [1.165, 1.54) is 12.1 Å². The van der Waals surface area contributed by atoms with E-state index in [2.05, 4.69) is 5.32 Å². The number of ether oxygens (including phenoxy) is 4. The number of amides is 1. The van der Waals surface area contributed by atoms with Crippen molar-refractivity contribution in [1.29, 1.82) is 0 Å². The second-order valence-electron chi connectivity index (χ2n) is 6.23. The van der Waals surface area contributed by atoms with E-state index >= 15 is 0 Å². The fraction of sp³-hybridized carbons (Fsp3) is 0.0909. The standard InChI is InChI=1S/C22H16ClNO6/c23-16-10-14(11-19-21(16)29-13-28-19)22(26)27-12-20(25)24-17-8-4-5-9-18(17)30-15-6-2-1-3-7-15/h1-11H,12-13H2,(H,24,25). The Bertz CT molecular complexity index is 1090. The van der Waals surface area contributed by atoms with Crippen molar-refractivity contribution in [2.45, 2.75) is 0 Å². The van der Waals surface area contributed by atoms with E-state index in [0.29, 0.717) is 28.7 Å². The van der Waals surface area contributed by atoms with Gasteiger partial charge in [-0.15, -0.1) is 0 Å². The molecule has 0 fully saturated rings. The largest absolute Gasteiger partial charge is 0.455 e. The van der Waals surface area contributed by atoms with E-state index in [4.69, 9.17) is 30.5 Å². The van der Waals surface area contributed by atoms with E-state index < -0.39 is 18.5 Å². The topological polar surface area (TPSA) is 83.1 Å². The number of fused-ring (bicyclic) bond motifs is 1. The molecule has 0 unspecified atom stereocenters. The number of anilines is 1. The lowest BCUT2D eigenvalue weighted by atomic mass is 10.2. The summed E-state index contributed by atoms with van der Waals surface area (Å²) in [6.07, 6.45) is 0. The van der Waals surface area contributed by atoms with Crippen molar-refractivity contribution in [2.24, 2.45) is 0 Å². The first-order valence-electron chi connectivity index (χ1n) is 8.98. The van der Waals surface area contributed by atoms with Gasteiger partial charge in [0.2, 0.25) is 6.79 Å². The molecule has 0 saturated carbocycles. The van der Waals surface area contributed by atoms with E-state index in [-0.39, 0.29) is 17.4 Å². The van der Waals surface area contributed by atoms with Crippen molar-refractivity contribution in [2.75, 3.05) is 18.7 Å². The molecular formula is C22H16ClNO6. The first-order chi connectivity index (χ1) is 14.6. The summed E-state index contributed by atoms with van der Waals surface area (Å²) in [6, 6.07) is 19.0. The van der Waals surface area contributed by atoms with E-state index in [0.717, 1.165) is 0 Å². The van der Waals surface area contributed by atoms with Crippen molar-refractivity contribution >= 4 is 29.2 Å². The van der Waals surface area contributed by atoms with Crippen LogP contribution in [0.5, 0.6) is 23.0 Å². The van der Waals surface area contributed by atoms with E-state index in [9.17, 15) is 9.59 Å². The summed E-state index contributed by atoms with van der Waals surface area (Å²) in [4.78, 5) is 24.6. The van der Waals surface area contributed by atoms with Crippen LogP contribution in [0, 0.1) is 0 Å². The number of nitrogens with one attached hydrogen (secondary N) is 1. The molecule has 1 N–H and O–H groups in total. The molecule has 0 spiro atoms. The van der Waals surface area contributed by atoms with Crippen LogP contribution in [0.2, 0.25) is 5.02 Å². The minimum absolute atomic E-state index is 0.0282. The molecule has 7 nitrogen and oxygen atoms in total. The zero-order valence-electron chi connectivity index (χ0n) is 15.6. The van der Waals surface area contributed by atoms with Crippen molar-refractivity contribution < 1.29 is 28.5 Å². The Morgan fingerprint density at radius 3 is 2.60 bits per heavy atom. The molecule has 0 aromatic heterocycles. The summed E-state index contributed by atoms with van der Waals surface area (Å²) in [5.74, 6) is 0.599. The van der Waals surface area contributed by atoms with Gasteiger partial charge in [0, 0.05) is 0 Å². The van der Waals surface area contributed by atoms with Gasteiger partial charge in [0.1, 0.15) is 5.75 Å². The van der Waals surface area contributed by atoms with Crippen molar-refractivity contribution in [1.82, 2.24) is 0 Å². The second kappa shape index (κ2) is 8.75. The highest BCUT2D eigenvalue weighted by Gasteiger charge is 2.22. The highest BCUT2D eigenvalue weighted by Crippen LogP contribution is 2.40. The third kappa shape index (κ3) is 4.47. The summed E-state index contributed by atoms with van der Waals surface area (Å²) >= 11 is 6.07. The zero-order valence-corrected chi connectivity index (χ0v) is 16.3. The second-order valence-corrected chi connectivity index (χ2v) is 6.63. The van der Waals surface area contributed by atoms with Gasteiger partial charge in [0.05, 0.1) is 16.3 Å². The molecule has 0 bridgehead atoms. The Morgan fingerprint density at radius 2 is 1.77 bits per heavy atom. The van der Waals surface area contributed by atoms with Crippen LogP contribution < -0.4 is 19.5 Å². The Morgan fingerprint density at radius 1 is 1.00 bits per heavy atom. The molecule has 0 saturated heterocycles. The highest BCUT2D eigenvalue weighted by molar-refractivity contribution is 6.32. The first-order valence-corrected chi connectivity index (χ1v) is 9.36. The molecule has 8 heteroatoms. The van der Waals surface area contributed by atoms with Gasteiger partial charge in [-0.3, -0.25) is 4.79 Å². The normalized spacial score (nSPS) is 11.6. The maximum Gasteiger partial charge on any atom is 0.338 e. The van der Waals surface area contributed by atoms with Crippen molar-refractivity contribution in [3.05, 3.63) is 77.3 Å². The number of carbonyl (C=O) groups is 2. The number of carbonyl (C=O) groups excluding carboxylic acids is 2. The molecule has 0 radical (unpaired) electrons. The number of esters is 1. The van der Waals surface area contributed by atoms with Crippen LogP contribution in [0.15, 0.2) is 66.7 Å². The monoisotopic (exact) mass is 425 g/mol. The Hall–Kier alpha value is -3.71. The first kappa shape index (κ1) is 19.6. The molecule has 1 heterocycles. The molecular weight excluding hydrogens is 410 g/mol. The van der Waals surface area contributed by atoms with Gasteiger partial charge in [0.15, 0.2) is 23.9 Å². The fourth-order valence-corrected chi connectivity index (χ4v) is 3.03. The van der Waals surface area contributed by atoms with E-state index in [1.54, 1.807) is 36.4 Å². The number of hydrogen-bond acceptors (Lipinski definition) is 6. The Labute approximate surface area is 177 Å². The van der Waals surface area contributed by atoms with Crippen molar-refractivity contribution in [3.8, 4) is 23.0 Å². The van der Waals surface area contributed by atoms with Gasteiger partial charge in [-0.25, -0.2) is 4.79 Å². The molecule has 3 aromatic rings. The van der Waals surface area contributed by atoms with Gasteiger partial charge in [0.25, 0.3) is 5.91 Å². The van der Waals surface area contributed by atoms with Crippen LogP contribution in [0.1, 0.15) is 10.4 Å². The third-order valence-electron chi connectivity index (χ3n) is 4.13. The Balaban J connectivity index is 1.38. The average molecular weight is 426 g/mol. The number of para-hydroxylation sites is 3. The number of rotatable bonds is 6. The summed E-state index contributed by atoms with van der Waals surface area (Å²) in [5.41, 5.74) is 0.610. The predicted octanol–water partition coefficient (Wildman–Crippen LogP) is 4.66. The maximum atomic E-state index is 12.3. The molecule has 152 valence electrons. The van der Waals surface area contributed by atoms with Crippen LogP contribution in [0.3, 0.4) is 0 Å². The van der Waals surface area contributed by atoms with Crippen LogP contribution >= 0.6 is 11.6 Å². The lowest BCUT2D eigenvalue weighted by molar-refractivity contribution is -0.119. The fourth-order valence-electron chi connectivity index (χ4n) is 2.76. The lowest BCUT2D eigenvalue weighted by Crippen LogP contribution is -2.21. The number of hydrogen-bond donors (Lipinski definition) is 1. The minimum atomic E-state index is -0.709. The van der Waals surface area contributed by atoms with E-state index in [1.807, 2.05) is 18.2 Å². The van der Waals surface area contributed by atoms with Gasteiger partial charge in [-0.05, 0) is 36.4 Å². The third-order valence-corrected chi connectivity index (χ3v) is 4.41. The van der Waals surface area contributed by atoms with Gasteiger partial charge in [-0.1, -0.05) is 41.9 Å². The average Bonchev–Trinajstić information content (AvgIpc) is 3.23. The molecule has 1 aliphatic rings. The van der Waals surface area contributed by atoms with Crippen LogP contribution in [0.25, 0.3) is 0 Å². The molecule has 1 aliphatic heterocycles. The lowest BCUT2D eigenvalue weighted by Gasteiger charge is -2.12. The molecule has 1 amide bonds. The number of benzene rings is 3. The molecule has 3 aromatic carbocycles. The smallest absolute Gasteiger partial charge is 0.338 e. The Kier molecular flexibility index (Phi) is 5.72. The quantitative estimate of drug-likeness (QED) is 0.578. The SMILES string of the molecule is O=C(COC(=O)c1cc(Cl)c2c(c1)OCO2)Nc1ccccc1Oc1ccccc1. The van der Waals surface area contributed by atoms with Crippen molar-refractivity contribution in [3.63, 3.8) is 0 Å². The summed E-state index contributed by atoms with van der Waals surface area (Å²) < 4.78 is 21.3.